The number of aldehydes is 1. The van der Waals surface area contributed by atoms with Crippen LogP contribution in [-0.2, 0) is 47.9 Å². The number of hydrogen-bond donors (Lipinski definition) is 12. The van der Waals surface area contributed by atoms with Gasteiger partial charge in [0.15, 0.2) is 5.96 Å². The average Bonchev–Trinajstić information content (AvgIpc) is 3.21. The molecule has 0 saturated carbocycles. The van der Waals surface area contributed by atoms with Crippen molar-refractivity contribution in [2.75, 3.05) is 34.2 Å². The highest BCUT2D eigenvalue weighted by atomic mass is 16.3. The number of aliphatic hydroxyl groups excluding tert-OH is 1. The largest absolute Gasteiger partial charge is 0.391 e. The number of nitrogens with one attached hydrogen (secondary N) is 9. The summed E-state index contributed by atoms with van der Waals surface area (Å²) in [5.74, 6) is -7.23. The number of aliphatic hydroxyl groups is 1. The number of quaternary nitrogens is 1. The Morgan fingerprint density at radius 3 is 1.46 bits per heavy atom. The summed E-state index contributed by atoms with van der Waals surface area (Å²) in [5, 5.41) is 33.2. The zero-order valence-corrected chi connectivity index (χ0v) is 41.4. The van der Waals surface area contributed by atoms with E-state index in [9.17, 15) is 53.1 Å². The highest BCUT2D eigenvalue weighted by molar-refractivity contribution is 5.98. The molecule has 0 aliphatic heterocycles. The van der Waals surface area contributed by atoms with Crippen LogP contribution in [0.3, 0.4) is 0 Å². The smallest absolute Gasteiger partial charge is 0.245 e. The first-order chi connectivity index (χ1) is 31.0. The summed E-state index contributed by atoms with van der Waals surface area (Å²) in [6.07, 6.45) is 1.24. The van der Waals surface area contributed by atoms with Gasteiger partial charge in [0.25, 0.3) is 0 Å². The van der Waals surface area contributed by atoms with Gasteiger partial charge in [0.2, 0.25) is 53.2 Å². The SMILES string of the molecule is CCC[C@H](NC(=O)[C@@H](NC(=O)[C@H](C)NC(C)=O)[C@@H](C)O)C(=O)N[C@H](C(=O)N[C@@H](C)C(=O)N[C@@H](CCCN=C(N)N)C(=O)N[C@@H](CCCC[N+](C)(C)C)C(=O)N[C@@H](C)C(=O)N[C@@H](C)C=O)C(C)C. The van der Waals surface area contributed by atoms with Crippen LogP contribution in [0.25, 0.3) is 0 Å². The summed E-state index contributed by atoms with van der Waals surface area (Å²) in [4.78, 5) is 134. The maximum atomic E-state index is 13.9. The number of carbonyl (C=O) groups is 10. The highest BCUT2D eigenvalue weighted by Gasteiger charge is 2.35. The molecule has 382 valence electrons. The van der Waals surface area contributed by atoms with Gasteiger partial charge >= 0.3 is 0 Å². The molecule has 0 unspecified atom stereocenters. The Labute approximate surface area is 394 Å². The molecule has 10 atom stereocenters. The molecule has 9 amide bonds. The monoisotopic (exact) mass is 955 g/mol. The van der Waals surface area contributed by atoms with Gasteiger partial charge in [0.05, 0.1) is 39.8 Å². The molecular formula is C43H80N13O11+. The van der Waals surface area contributed by atoms with Crippen LogP contribution >= 0.6 is 0 Å². The predicted octanol–water partition coefficient (Wildman–Crippen LogP) is -3.59. The van der Waals surface area contributed by atoms with Crippen LogP contribution < -0.4 is 59.3 Å². The molecule has 0 saturated heterocycles. The molecule has 0 fully saturated rings. The van der Waals surface area contributed by atoms with Crippen LogP contribution in [0.4, 0.5) is 0 Å². The topological polar surface area (TPSA) is 364 Å². The van der Waals surface area contributed by atoms with Gasteiger partial charge in [-0.1, -0.05) is 27.2 Å². The van der Waals surface area contributed by atoms with Crippen LogP contribution in [-0.4, -0.2) is 170 Å². The fraction of sp³-hybridized carbons (Fsp3) is 0.744. The minimum atomic E-state index is -1.50. The number of unbranched alkanes of at least 4 members (excludes halogenated alkanes) is 1. The third-order valence-corrected chi connectivity index (χ3v) is 10.2. The summed E-state index contributed by atoms with van der Waals surface area (Å²) < 4.78 is 0.659. The Morgan fingerprint density at radius 2 is 0.970 bits per heavy atom. The van der Waals surface area contributed by atoms with Gasteiger partial charge < -0.3 is 73.7 Å². The molecule has 0 heterocycles. The normalized spacial score (nSPS) is 15.7. The second-order valence-electron chi connectivity index (χ2n) is 18.2. The van der Waals surface area contributed by atoms with E-state index in [1.54, 1.807) is 20.8 Å². The quantitative estimate of drug-likeness (QED) is 0.0105. The first-order valence-electron chi connectivity index (χ1n) is 22.7. The number of hydrogen-bond acceptors (Lipinski definition) is 12. The van der Waals surface area contributed by atoms with Crippen LogP contribution in [0.1, 0.15) is 107 Å². The third kappa shape index (κ3) is 25.0. The highest BCUT2D eigenvalue weighted by Crippen LogP contribution is 2.10. The maximum Gasteiger partial charge on any atom is 0.245 e. The van der Waals surface area contributed by atoms with Crippen LogP contribution in [0.5, 0.6) is 0 Å². The number of nitrogens with zero attached hydrogens (tertiary/aromatic N) is 2. The number of aliphatic imine (C=N–C) groups is 1. The molecule has 0 bridgehead atoms. The van der Waals surface area contributed by atoms with Crippen LogP contribution in [0.15, 0.2) is 4.99 Å². The summed E-state index contributed by atoms with van der Waals surface area (Å²) in [7, 11) is 6.03. The van der Waals surface area contributed by atoms with Crippen LogP contribution in [0, 0.1) is 5.92 Å². The van der Waals surface area contributed by atoms with Gasteiger partial charge in [-0.2, -0.15) is 0 Å². The van der Waals surface area contributed by atoms with E-state index >= 15 is 0 Å². The number of nitrogens with two attached hydrogens (primary N) is 2. The fourth-order valence-corrected chi connectivity index (χ4v) is 6.34. The predicted molar refractivity (Wildman–Crippen MR) is 250 cm³/mol. The van der Waals surface area contributed by atoms with Crippen LogP contribution in [0.2, 0.25) is 0 Å². The van der Waals surface area contributed by atoms with Crippen molar-refractivity contribution in [3.8, 4) is 0 Å². The van der Waals surface area contributed by atoms with E-state index in [1.807, 2.05) is 21.1 Å². The van der Waals surface area contributed by atoms with Crippen molar-refractivity contribution >= 4 is 65.4 Å². The molecule has 0 aromatic rings. The second-order valence-corrected chi connectivity index (χ2v) is 18.2. The Kier molecular flexibility index (Phi) is 27.7. The van der Waals surface area contributed by atoms with Crippen molar-refractivity contribution in [1.82, 2.24) is 47.9 Å². The van der Waals surface area contributed by atoms with Crippen molar-refractivity contribution in [3.05, 3.63) is 0 Å². The number of rotatable bonds is 31. The van der Waals surface area contributed by atoms with Gasteiger partial charge in [-0.3, -0.25) is 48.1 Å². The van der Waals surface area contributed by atoms with E-state index in [0.29, 0.717) is 30.0 Å². The van der Waals surface area contributed by atoms with Crippen molar-refractivity contribution in [1.29, 1.82) is 0 Å². The molecular weight excluding hydrogens is 875 g/mol. The molecule has 67 heavy (non-hydrogen) atoms. The average molecular weight is 955 g/mol. The lowest BCUT2D eigenvalue weighted by Gasteiger charge is -2.29. The molecule has 24 nitrogen and oxygen atoms in total. The van der Waals surface area contributed by atoms with E-state index < -0.39 is 120 Å². The zero-order valence-electron chi connectivity index (χ0n) is 41.4. The molecule has 0 aliphatic rings. The van der Waals surface area contributed by atoms with Crippen molar-refractivity contribution < 1.29 is 57.5 Å². The third-order valence-electron chi connectivity index (χ3n) is 10.2. The molecule has 0 radical (unpaired) electrons. The molecule has 0 rings (SSSR count). The molecule has 0 aromatic heterocycles. The van der Waals surface area contributed by atoms with Gasteiger partial charge in [-0.25, -0.2) is 0 Å². The summed E-state index contributed by atoms with van der Waals surface area (Å²) in [5.41, 5.74) is 10.9. The molecule has 0 spiro atoms. The lowest BCUT2D eigenvalue weighted by molar-refractivity contribution is -0.870. The summed E-state index contributed by atoms with van der Waals surface area (Å²) in [6.45, 7) is 14.0. The fourth-order valence-electron chi connectivity index (χ4n) is 6.34. The molecule has 0 aromatic carbocycles. The number of amides is 9. The Hall–Kier alpha value is -5.91. The van der Waals surface area contributed by atoms with E-state index in [4.69, 9.17) is 11.5 Å². The van der Waals surface area contributed by atoms with E-state index in [0.717, 1.165) is 6.54 Å². The van der Waals surface area contributed by atoms with Crippen molar-refractivity contribution in [2.24, 2.45) is 22.4 Å². The Morgan fingerprint density at radius 1 is 0.552 bits per heavy atom. The summed E-state index contributed by atoms with van der Waals surface area (Å²) >= 11 is 0. The Balaban J connectivity index is 6.28. The molecule has 0 aliphatic carbocycles. The first-order valence-corrected chi connectivity index (χ1v) is 22.7. The number of carbonyl (C=O) groups excluding carboxylic acids is 10. The van der Waals surface area contributed by atoms with Gasteiger partial charge in [0.1, 0.15) is 54.6 Å². The number of guanidine groups is 1. The maximum absolute atomic E-state index is 13.9. The lowest BCUT2D eigenvalue weighted by atomic mass is 10.0. The van der Waals surface area contributed by atoms with E-state index in [1.165, 1.54) is 41.5 Å². The first kappa shape index (κ1) is 61.1. The lowest BCUT2D eigenvalue weighted by Crippen LogP contribution is -2.61. The zero-order chi connectivity index (χ0) is 51.8. The second kappa shape index (κ2) is 30.4. The van der Waals surface area contributed by atoms with Gasteiger partial charge in [0, 0.05) is 13.5 Å². The van der Waals surface area contributed by atoms with Gasteiger partial charge in [-0.05, 0) is 79.1 Å². The molecule has 14 N–H and O–H groups in total. The minimum absolute atomic E-state index is 0.00358. The van der Waals surface area contributed by atoms with E-state index in [2.05, 4.69) is 52.8 Å². The molecule has 24 heteroatoms. The van der Waals surface area contributed by atoms with Gasteiger partial charge in [-0.15, -0.1) is 0 Å². The minimum Gasteiger partial charge on any atom is -0.391 e. The standard InChI is InChI=1S/C43H79N13O11/c1-13-17-30(53-42(67)34(28(8)58)55-37(62)25(5)48-29(9)59)40(65)54-33(23(2)3)41(66)50-27(7)36(61)51-32(19-16-20-46-43(44)45)39(64)52-31(18-14-15-21-56(10,11)12)38(63)49-26(6)35(60)47-24(4)22-57/h22-28,30-34,58H,13-21H2,1-12H3,(H12-,44,45,46,47,48,49,50,51,52,53,54,55,59,60,61,62,63,64,65,66,67)/p+1/t24-,25-,26-,27-,28+,30-,31-,32-,33-,34-/m0/s1. The van der Waals surface area contributed by atoms with Crippen molar-refractivity contribution in [3.63, 3.8) is 0 Å². The van der Waals surface area contributed by atoms with Crippen molar-refractivity contribution in [2.45, 2.75) is 168 Å². The van der Waals surface area contributed by atoms with E-state index in [-0.39, 0.29) is 38.2 Å². The Bertz CT molecular complexity index is 1720. The summed E-state index contributed by atoms with van der Waals surface area (Å²) in [6, 6.07) is -10.5.